The van der Waals surface area contributed by atoms with Crippen LogP contribution in [0.25, 0.3) is 11.0 Å². The predicted molar refractivity (Wildman–Crippen MR) is 118 cm³/mol. The zero-order valence-corrected chi connectivity index (χ0v) is 18.5. The third-order valence-corrected chi connectivity index (χ3v) is 5.89. The van der Waals surface area contributed by atoms with Crippen molar-refractivity contribution in [3.63, 3.8) is 0 Å². The van der Waals surface area contributed by atoms with E-state index in [-0.39, 0.29) is 42.2 Å². The Labute approximate surface area is 182 Å². The number of amides is 2. The van der Waals surface area contributed by atoms with E-state index in [1.54, 1.807) is 17.2 Å². The van der Waals surface area contributed by atoms with Gasteiger partial charge in [0.05, 0.1) is 35.8 Å². The maximum absolute atomic E-state index is 13.2. The molecular formula is C24H30N4O3. The van der Waals surface area contributed by atoms with Crippen molar-refractivity contribution in [1.82, 2.24) is 19.8 Å². The van der Waals surface area contributed by atoms with Gasteiger partial charge in [-0.3, -0.25) is 9.59 Å². The molecule has 0 radical (unpaired) electrons. The highest BCUT2D eigenvalue weighted by Gasteiger charge is 2.36. The maximum atomic E-state index is 13.2. The molecule has 7 nitrogen and oxygen atoms in total. The van der Waals surface area contributed by atoms with Crippen LogP contribution in [0.15, 0.2) is 47.1 Å². The Balaban J connectivity index is 1.54. The average molecular weight is 423 g/mol. The van der Waals surface area contributed by atoms with Gasteiger partial charge in [0.1, 0.15) is 11.6 Å². The number of likely N-dealkylation sites (tertiary alicyclic amines) is 1. The largest absolute Gasteiger partial charge is 0.467 e. The van der Waals surface area contributed by atoms with E-state index >= 15 is 0 Å². The summed E-state index contributed by atoms with van der Waals surface area (Å²) in [5, 5.41) is 3.21. The molecule has 4 rings (SSSR count). The minimum atomic E-state index is -0.374. The Kier molecular flexibility index (Phi) is 5.85. The maximum Gasteiger partial charge on any atom is 0.226 e. The summed E-state index contributed by atoms with van der Waals surface area (Å²) in [4.78, 5) is 32.2. The van der Waals surface area contributed by atoms with Gasteiger partial charge in [-0.2, -0.15) is 0 Å². The van der Waals surface area contributed by atoms with Gasteiger partial charge >= 0.3 is 0 Å². The third kappa shape index (κ3) is 4.22. The van der Waals surface area contributed by atoms with Gasteiger partial charge in [0.15, 0.2) is 0 Å². The summed E-state index contributed by atoms with van der Waals surface area (Å²) < 4.78 is 7.55. The summed E-state index contributed by atoms with van der Waals surface area (Å²) in [5.74, 6) is 1.23. The molecule has 3 aromatic rings. The second-order valence-electron chi connectivity index (χ2n) is 8.91. The summed E-state index contributed by atoms with van der Waals surface area (Å²) >= 11 is 0. The fraction of sp³-hybridized carbons (Fsp3) is 0.458. The minimum absolute atomic E-state index is 0.0212. The van der Waals surface area contributed by atoms with E-state index < -0.39 is 0 Å². The van der Waals surface area contributed by atoms with E-state index in [1.807, 2.05) is 24.3 Å². The van der Waals surface area contributed by atoms with E-state index in [0.717, 1.165) is 22.6 Å². The van der Waals surface area contributed by atoms with Crippen LogP contribution in [0.4, 0.5) is 0 Å². The van der Waals surface area contributed by atoms with Crippen molar-refractivity contribution in [2.45, 2.75) is 52.7 Å². The number of nitrogens with one attached hydrogen (secondary N) is 1. The van der Waals surface area contributed by atoms with Crippen LogP contribution < -0.4 is 5.32 Å². The Hall–Kier alpha value is -3.09. The molecule has 164 valence electrons. The zero-order valence-electron chi connectivity index (χ0n) is 18.5. The summed E-state index contributed by atoms with van der Waals surface area (Å²) in [6, 6.07) is 11.7. The number of carbonyl (C=O) groups is 2. The van der Waals surface area contributed by atoms with Crippen molar-refractivity contribution in [2.75, 3.05) is 6.54 Å². The molecule has 0 saturated carbocycles. The van der Waals surface area contributed by atoms with Crippen LogP contribution in [0.2, 0.25) is 0 Å². The SMILES string of the molecule is CC(C)C(NC(=O)C1CC(=O)N(Cc2ccco2)C1)c1nc2ccccc2n1C(C)C. The van der Waals surface area contributed by atoms with Crippen LogP contribution in [0.5, 0.6) is 0 Å². The van der Waals surface area contributed by atoms with E-state index in [9.17, 15) is 9.59 Å². The molecule has 1 N–H and O–H groups in total. The van der Waals surface area contributed by atoms with Crippen LogP contribution in [0.1, 0.15) is 57.8 Å². The number of furan rings is 1. The van der Waals surface area contributed by atoms with Gasteiger partial charge in [-0.25, -0.2) is 4.98 Å². The Morgan fingerprint density at radius 1 is 1.19 bits per heavy atom. The number of hydrogen-bond donors (Lipinski definition) is 1. The first kappa shape index (κ1) is 21.2. The van der Waals surface area contributed by atoms with Crippen molar-refractivity contribution in [1.29, 1.82) is 0 Å². The number of imidazole rings is 1. The van der Waals surface area contributed by atoms with Crippen LogP contribution in [-0.2, 0) is 16.1 Å². The number of carbonyl (C=O) groups excluding carboxylic acids is 2. The topological polar surface area (TPSA) is 80.4 Å². The van der Waals surface area contributed by atoms with Crippen LogP contribution >= 0.6 is 0 Å². The van der Waals surface area contributed by atoms with Crippen molar-refractivity contribution >= 4 is 22.8 Å². The van der Waals surface area contributed by atoms with Gasteiger partial charge in [0.2, 0.25) is 11.8 Å². The Morgan fingerprint density at radius 2 is 1.97 bits per heavy atom. The number of benzene rings is 1. The molecule has 3 heterocycles. The minimum Gasteiger partial charge on any atom is -0.467 e. The van der Waals surface area contributed by atoms with E-state index in [4.69, 9.17) is 9.40 Å². The lowest BCUT2D eigenvalue weighted by Gasteiger charge is -2.26. The highest BCUT2D eigenvalue weighted by atomic mass is 16.3. The Morgan fingerprint density at radius 3 is 2.65 bits per heavy atom. The monoisotopic (exact) mass is 422 g/mol. The number of nitrogens with zero attached hydrogens (tertiary/aromatic N) is 3. The smallest absolute Gasteiger partial charge is 0.226 e. The normalized spacial score (nSPS) is 17.8. The predicted octanol–water partition coefficient (Wildman–Crippen LogP) is 4.07. The van der Waals surface area contributed by atoms with Gasteiger partial charge in [-0.05, 0) is 44.0 Å². The third-order valence-electron chi connectivity index (χ3n) is 5.89. The molecule has 1 saturated heterocycles. The molecule has 2 atom stereocenters. The first-order chi connectivity index (χ1) is 14.8. The van der Waals surface area contributed by atoms with Crippen LogP contribution in [0, 0.1) is 11.8 Å². The lowest BCUT2D eigenvalue weighted by Crippen LogP contribution is -2.38. The molecular weight excluding hydrogens is 392 g/mol. The van der Waals surface area contributed by atoms with E-state index in [1.165, 1.54) is 0 Å². The molecule has 0 aliphatic carbocycles. The summed E-state index contributed by atoms with van der Waals surface area (Å²) in [7, 11) is 0. The van der Waals surface area contributed by atoms with Gasteiger partial charge < -0.3 is 19.2 Å². The molecule has 1 fully saturated rings. The van der Waals surface area contributed by atoms with E-state index in [2.05, 4.69) is 43.6 Å². The van der Waals surface area contributed by atoms with Gasteiger partial charge in [-0.1, -0.05) is 26.0 Å². The number of rotatable bonds is 7. The quantitative estimate of drug-likeness (QED) is 0.622. The molecule has 2 amide bonds. The Bertz CT molecular complexity index is 1070. The first-order valence-electron chi connectivity index (χ1n) is 10.9. The highest BCUT2D eigenvalue weighted by molar-refractivity contribution is 5.89. The molecule has 7 heteroatoms. The fourth-order valence-corrected chi connectivity index (χ4v) is 4.32. The van der Waals surface area contributed by atoms with Gasteiger partial charge in [0.25, 0.3) is 0 Å². The van der Waals surface area contributed by atoms with Crippen LogP contribution in [-0.4, -0.2) is 32.8 Å². The van der Waals surface area contributed by atoms with Crippen molar-refractivity contribution in [3.8, 4) is 0 Å². The second-order valence-corrected chi connectivity index (χ2v) is 8.91. The van der Waals surface area contributed by atoms with Crippen molar-refractivity contribution < 1.29 is 14.0 Å². The number of aromatic nitrogens is 2. The molecule has 1 aromatic carbocycles. The van der Waals surface area contributed by atoms with E-state index in [0.29, 0.717) is 13.1 Å². The molecule has 2 aromatic heterocycles. The molecule has 1 aliphatic heterocycles. The summed E-state index contributed by atoms with van der Waals surface area (Å²) in [6.45, 7) is 9.21. The summed E-state index contributed by atoms with van der Waals surface area (Å²) in [5.41, 5.74) is 1.99. The lowest BCUT2D eigenvalue weighted by molar-refractivity contribution is -0.129. The average Bonchev–Trinajstić information content (AvgIpc) is 3.45. The van der Waals surface area contributed by atoms with Crippen LogP contribution in [0.3, 0.4) is 0 Å². The highest BCUT2D eigenvalue weighted by Crippen LogP contribution is 2.30. The number of hydrogen-bond acceptors (Lipinski definition) is 4. The fourth-order valence-electron chi connectivity index (χ4n) is 4.32. The number of para-hydroxylation sites is 2. The lowest BCUT2D eigenvalue weighted by atomic mass is 10.0. The molecule has 2 unspecified atom stereocenters. The van der Waals surface area contributed by atoms with Crippen molar-refractivity contribution in [3.05, 3.63) is 54.2 Å². The molecule has 1 aliphatic rings. The first-order valence-corrected chi connectivity index (χ1v) is 10.9. The second kappa shape index (κ2) is 8.57. The zero-order chi connectivity index (χ0) is 22.1. The standard InChI is InChI=1S/C24H30N4O3/c1-15(2)22(23-25-19-9-5-6-10-20(19)28(23)16(3)4)26-24(30)17-12-21(29)27(13-17)14-18-8-7-11-31-18/h5-11,15-17,22H,12-14H2,1-4H3,(H,26,30). The van der Waals surface area contributed by atoms with Gasteiger partial charge in [0, 0.05) is 19.0 Å². The molecule has 0 spiro atoms. The van der Waals surface area contributed by atoms with Gasteiger partial charge in [-0.15, -0.1) is 0 Å². The summed E-state index contributed by atoms with van der Waals surface area (Å²) in [6.07, 6.45) is 1.81. The molecule has 0 bridgehead atoms. The van der Waals surface area contributed by atoms with Crippen molar-refractivity contribution in [2.24, 2.45) is 11.8 Å². The molecule has 31 heavy (non-hydrogen) atoms. The number of fused-ring (bicyclic) bond motifs is 1.